The second-order valence-corrected chi connectivity index (χ2v) is 6.55. The normalized spacial score (nSPS) is 22.6. The number of piperidine rings is 1. The molecule has 0 saturated carbocycles. The fourth-order valence-corrected chi connectivity index (χ4v) is 3.48. The van der Waals surface area contributed by atoms with Crippen LogP contribution in [0, 0.1) is 0 Å². The summed E-state index contributed by atoms with van der Waals surface area (Å²) < 4.78 is 0. The third kappa shape index (κ3) is 3.70. The molecule has 3 rings (SSSR count). The van der Waals surface area contributed by atoms with Crippen molar-refractivity contribution in [3.8, 4) is 0 Å². The van der Waals surface area contributed by atoms with Gasteiger partial charge in [-0.2, -0.15) is 0 Å². The number of likely N-dealkylation sites (N-methyl/N-ethyl adjacent to an activating group) is 1. The standard InChI is InChI=1S/C19H23ClN2/c1-22-12-11-19(17(14-22)15-7-3-2-4-8-15)21-13-16-9-5-6-10-18(16)20/h2-10,17,19,21H,11-14H2,1H3/t17-,19-/m1/s1. The molecular weight excluding hydrogens is 292 g/mol. The highest BCUT2D eigenvalue weighted by Crippen LogP contribution is 2.27. The SMILES string of the molecule is CN1CC[C@@H](NCc2ccccc2Cl)[C@@H](c2ccccc2)C1. The minimum absolute atomic E-state index is 0.495. The monoisotopic (exact) mass is 314 g/mol. The first-order valence-corrected chi connectivity index (χ1v) is 8.32. The summed E-state index contributed by atoms with van der Waals surface area (Å²) in [4.78, 5) is 2.42. The zero-order chi connectivity index (χ0) is 15.4. The Morgan fingerprint density at radius 1 is 1.09 bits per heavy atom. The van der Waals surface area contributed by atoms with E-state index in [1.54, 1.807) is 0 Å². The highest BCUT2D eigenvalue weighted by Gasteiger charge is 2.28. The van der Waals surface area contributed by atoms with Gasteiger partial charge in [0.25, 0.3) is 0 Å². The average molecular weight is 315 g/mol. The smallest absolute Gasteiger partial charge is 0.0450 e. The van der Waals surface area contributed by atoms with Gasteiger partial charge in [-0.1, -0.05) is 60.1 Å². The summed E-state index contributed by atoms with van der Waals surface area (Å²) in [6.45, 7) is 3.07. The van der Waals surface area contributed by atoms with E-state index in [2.05, 4.69) is 53.7 Å². The molecule has 2 aromatic rings. The lowest BCUT2D eigenvalue weighted by molar-refractivity contribution is 0.205. The van der Waals surface area contributed by atoms with E-state index in [0.717, 1.165) is 24.7 Å². The maximum Gasteiger partial charge on any atom is 0.0450 e. The summed E-state index contributed by atoms with van der Waals surface area (Å²) in [5.74, 6) is 0.530. The Hall–Kier alpha value is -1.35. The van der Waals surface area contributed by atoms with E-state index in [-0.39, 0.29) is 0 Å². The van der Waals surface area contributed by atoms with E-state index in [4.69, 9.17) is 11.6 Å². The Balaban J connectivity index is 1.72. The molecule has 0 aliphatic carbocycles. The highest BCUT2D eigenvalue weighted by atomic mass is 35.5. The Labute approximate surface area is 138 Å². The van der Waals surface area contributed by atoms with Crippen molar-refractivity contribution >= 4 is 11.6 Å². The summed E-state index contributed by atoms with van der Waals surface area (Å²) in [7, 11) is 2.21. The third-order valence-electron chi connectivity index (χ3n) is 4.56. The van der Waals surface area contributed by atoms with Gasteiger partial charge in [0, 0.05) is 30.1 Å². The lowest BCUT2D eigenvalue weighted by atomic mass is 9.86. The molecule has 1 aliphatic rings. The van der Waals surface area contributed by atoms with Crippen molar-refractivity contribution < 1.29 is 0 Å². The van der Waals surface area contributed by atoms with Crippen LogP contribution in [0.25, 0.3) is 0 Å². The Kier molecular flexibility index (Phi) is 5.14. The molecule has 1 heterocycles. The predicted molar refractivity (Wildman–Crippen MR) is 93.4 cm³/mol. The highest BCUT2D eigenvalue weighted by molar-refractivity contribution is 6.31. The molecule has 0 aromatic heterocycles. The molecule has 3 heteroatoms. The van der Waals surface area contributed by atoms with Gasteiger partial charge in [0.15, 0.2) is 0 Å². The Morgan fingerprint density at radius 3 is 2.59 bits per heavy atom. The molecule has 0 bridgehead atoms. The van der Waals surface area contributed by atoms with Crippen LogP contribution in [0.4, 0.5) is 0 Å². The van der Waals surface area contributed by atoms with Crippen LogP contribution in [0.15, 0.2) is 54.6 Å². The molecule has 1 fully saturated rings. The first-order valence-electron chi connectivity index (χ1n) is 7.94. The molecule has 1 aliphatic heterocycles. The zero-order valence-electron chi connectivity index (χ0n) is 13.0. The van der Waals surface area contributed by atoms with E-state index in [0.29, 0.717) is 12.0 Å². The number of nitrogens with zero attached hydrogens (tertiary/aromatic N) is 1. The molecular formula is C19H23ClN2. The van der Waals surface area contributed by atoms with Gasteiger partial charge in [0.2, 0.25) is 0 Å². The molecule has 0 spiro atoms. The molecule has 0 amide bonds. The molecule has 2 atom stereocenters. The van der Waals surface area contributed by atoms with Crippen molar-refractivity contribution in [2.45, 2.75) is 24.9 Å². The molecule has 1 saturated heterocycles. The molecule has 1 N–H and O–H groups in total. The maximum absolute atomic E-state index is 6.27. The van der Waals surface area contributed by atoms with E-state index in [1.807, 2.05) is 18.2 Å². The van der Waals surface area contributed by atoms with Crippen molar-refractivity contribution in [3.05, 3.63) is 70.7 Å². The molecule has 116 valence electrons. The van der Waals surface area contributed by atoms with Gasteiger partial charge in [0.05, 0.1) is 0 Å². The minimum atomic E-state index is 0.495. The molecule has 0 radical (unpaired) electrons. The van der Waals surface area contributed by atoms with E-state index in [1.165, 1.54) is 17.5 Å². The average Bonchev–Trinajstić information content (AvgIpc) is 2.56. The maximum atomic E-state index is 6.27. The first kappa shape index (κ1) is 15.5. The quantitative estimate of drug-likeness (QED) is 0.920. The fourth-order valence-electron chi connectivity index (χ4n) is 3.28. The molecule has 2 nitrogen and oxygen atoms in total. The van der Waals surface area contributed by atoms with Crippen LogP contribution in [0.3, 0.4) is 0 Å². The van der Waals surface area contributed by atoms with Crippen LogP contribution in [0.2, 0.25) is 5.02 Å². The Bertz CT molecular complexity index is 599. The van der Waals surface area contributed by atoms with Crippen molar-refractivity contribution in [1.29, 1.82) is 0 Å². The van der Waals surface area contributed by atoms with Gasteiger partial charge in [-0.05, 0) is 37.2 Å². The number of nitrogens with one attached hydrogen (secondary N) is 1. The second-order valence-electron chi connectivity index (χ2n) is 6.15. The van der Waals surface area contributed by atoms with Crippen LogP contribution < -0.4 is 5.32 Å². The first-order chi connectivity index (χ1) is 10.7. The van der Waals surface area contributed by atoms with Crippen molar-refractivity contribution in [2.24, 2.45) is 0 Å². The second kappa shape index (κ2) is 7.28. The lowest BCUT2D eigenvalue weighted by Gasteiger charge is -2.37. The van der Waals surface area contributed by atoms with Crippen LogP contribution in [-0.4, -0.2) is 31.1 Å². The van der Waals surface area contributed by atoms with Crippen LogP contribution in [-0.2, 0) is 6.54 Å². The topological polar surface area (TPSA) is 15.3 Å². The summed E-state index contributed by atoms with van der Waals surface area (Å²) in [6.07, 6.45) is 1.17. The largest absolute Gasteiger partial charge is 0.309 e. The van der Waals surface area contributed by atoms with Crippen LogP contribution in [0.1, 0.15) is 23.5 Å². The van der Waals surface area contributed by atoms with Crippen LogP contribution in [0.5, 0.6) is 0 Å². The van der Waals surface area contributed by atoms with Gasteiger partial charge in [-0.3, -0.25) is 0 Å². The summed E-state index contributed by atoms with van der Waals surface area (Å²) >= 11 is 6.27. The van der Waals surface area contributed by atoms with Gasteiger partial charge < -0.3 is 10.2 Å². The van der Waals surface area contributed by atoms with Crippen molar-refractivity contribution in [3.63, 3.8) is 0 Å². The summed E-state index contributed by atoms with van der Waals surface area (Å²) in [6, 6.07) is 19.4. The van der Waals surface area contributed by atoms with Gasteiger partial charge in [-0.15, -0.1) is 0 Å². The molecule has 2 aromatic carbocycles. The third-order valence-corrected chi connectivity index (χ3v) is 4.92. The molecule has 0 unspecified atom stereocenters. The Morgan fingerprint density at radius 2 is 1.82 bits per heavy atom. The number of likely N-dealkylation sites (tertiary alicyclic amines) is 1. The summed E-state index contributed by atoms with van der Waals surface area (Å²) in [5.41, 5.74) is 2.60. The van der Waals surface area contributed by atoms with E-state index >= 15 is 0 Å². The van der Waals surface area contributed by atoms with Gasteiger partial charge in [-0.25, -0.2) is 0 Å². The van der Waals surface area contributed by atoms with Crippen LogP contribution >= 0.6 is 11.6 Å². The lowest BCUT2D eigenvalue weighted by Crippen LogP contribution is -2.46. The number of rotatable bonds is 4. The van der Waals surface area contributed by atoms with Gasteiger partial charge >= 0.3 is 0 Å². The fraction of sp³-hybridized carbons (Fsp3) is 0.368. The van der Waals surface area contributed by atoms with E-state index < -0.39 is 0 Å². The predicted octanol–water partition coefficient (Wildman–Crippen LogP) is 3.92. The van der Waals surface area contributed by atoms with E-state index in [9.17, 15) is 0 Å². The number of benzene rings is 2. The molecule has 22 heavy (non-hydrogen) atoms. The van der Waals surface area contributed by atoms with Crippen molar-refractivity contribution in [1.82, 2.24) is 10.2 Å². The number of halogens is 1. The van der Waals surface area contributed by atoms with Crippen molar-refractivity contribution in [2.75, 3.05) is 20.1 Å². The number of hydrogen-bond donors (Lipinski definition) is 1. The zero-order valence-corrected chi connectivity index (χ0v) is 13.8. The van der Waals surface area contributed by atoms with Gasteiger partial charge in [0.1, 0.15) is 0 Å². The summed E-state index contributed by atoms with van der Waals surface area (Å²) in [5, 5.41) is 4.58. The minimum Gasteiger partial charge on any atom is -0.309 e. The number of hydrogen-bond acceptors (Lipinski definition) is 2.